The Morgan fingerprint density at radius 3 is 2.56 bits per heavy atom. The second kappa shape index (κ2) is 11.0. The minimum absolute atomic E-state index is 0.00406. The fourth-order valence-electron chi connectivity index (χ4n) is 4.73. The number of hydrogen-bond donors (Lipinski definition) is 1. The van der Waals surface area contributed by atoms with Crippen LogP contribution in [0.15, 0.2) is 66.7 Å². The molecule has 0 radical (unpaired) electrons. The van der Waals surface area contributed by atoms with Crippen LogP contribution in [0.5, 0.6) is 0 Å². The maximum Gasteiger partial charge on any atom is 0.416 e. The largest absolute Gasteiger partial charge is 0.416 e. The zero-order chi connectivity index (χ0) is 25.9. The lowest BCUT2D eigenvalue weighted by atomic mass is 9.83. The molecule has 1 fully saturated rings. The standard InChI is InChI=1S/C28H27ClF4N2O/c1-18-11-20(9-10-26(18)30)22-13-23(17-35(16-22)15-21-6-2-3-8-25(21)29)27(36)34-14-19-5-4-7-24(12-19)28(31,32)33/h2-12,22-23H,13-17H2,1H3,(H,34,36)/t22-,23-/m0/s1. The molecule has 0 saturated carbocycles. The van der Waals surface area contributed by atoms with Crippen molar-refractivity contribution in [3.8, 4) is 0 Å². The van der Waals surface area contributed by atoms with Gasteiger partial charge in [0.15, 0.2) is 0 Å². The first-order valence-electron chi connectivity index (χ1n) is 11.8. The molecule has 0 spiro atoms. The third-order valence-corrected chi connectivity index (χ3v) is 6.99. The van der Waals surface area contributed by atoms with Crippen molar-refractivity contribution in [1.29, 1.82) is 0 Å². The Morgan fingerprint density at radius 2 is 1.83 bits per heavy atom. The predicted molar refractivity (Wildman–Crippen MR) is 132 cm³/mol. The Labute approximate surface area is 213 Å². The molecule has 1 amide bonds. The molecule has 8 heteroatoms. The summed E-state index contributed by atoms with van der Waals surface area (Å²) in [5.74, 6) is -0.898. The van der Waals surface area contributed by atoms with E-state index in [0.717, 1.165) is 23.3 Å². The molecule has 1 N–H and O–H groups in total. The minimum Gasteiger partial charge on any atom is -0.352 e. The van der Waals surface area contributed by atoms with Crippen molar-refractivity contribution in [3.63, 3.8) is 0 Å². The number of carbonyl (C=O) groups excluding carboxylic acids is 1. The molecule has 0 unspecified atom stereocenters. The van der Waals surface area contributed by atoms with Crippen LogP contribution in [0.25, 0.3) is 0 Å². The van der Waals surface area contributed by atoms with E-state index in [2.05, 4.69) is 10.2 Å². The molecule has 3 aromatic carbocycles. The molecule has 4 rings (SSSR count). The topological polar surface area (TPSA) is 32.3 Å². The van der Waals surface area contributed by atoms with Gasteiger partial charge in [-0.15, -0.1) is 0 Å². The zero-order valence-corrected chi connectivity index (χ0v) is 20.5. The molecular weight excluding hydrogens is 492 g/mol. The van der Waals surface area contributed by atoms with E-state index >= 15 is 0 Å². The summed E-state index contributed by atoms with van der Waals surface area (Å²) in [6, 6.07) is 17.5. The van der Waals surface area contributed by atoms with Gasteiger partial charge in [-0.3, -0.25) is 9.69 Å². The van der Waals surface area contributed by atoms with Crippen molar-refractivity contribution < 1.29 is 22.4 Å². The third-order valence-electron chi connectivity index (χ3n) is 6.62. The maximum atomic E-state index is 13.9. The van der Waals surface area contributed by atoms with Gasteiger partial charge in [0.25, 0.3) is 0 Å². The van der Waals surface area contributed by atoms with Crippen LogP contribution in [-0.4, -0.2) is 23.9 Å². The van der Waals surface area contributed by atoms with Gasteiger partial charge in [-0.1, -0.05) is 54.1 Å². The normalized spacial score (nSPS) is 18.7. The Bertz CT molecular complexity index is 1230. The minimum atomic E-state index is -4.44. The molecule has 3 nitrogen and oxygen atoms in total. The van der Waals surface area contributed by atoms with Crippen LogP contribution in [0.1, 0.15) is 40.2 Å². The van der Waals surface area contributed by atoms with Gasteiger partial charge in [0, 0.05) is 31.2 Å². The van der Waals surface area contributed by atoms with E-state index in [0.29, 0.717) is 42.2 Å². The lowest BCUT2D eigenvalue weighted by Gasteiger charge is -2.37. The van der Waals surface area contributed by atoms with Crippen LogP contribution in [-0.2, 0) is 24.1 Å². The van der Waals surface area contributed by atoms with Crippen molar-refractivity contribution >= 4 is 17.5 Å². The van der Waals surface area contributed by atoms with Crippen LogP contribution in [0.3, 0.4) is 0 Å². The molecule has 0 aromatic heterocycles. The lowest BCUT2D eigenvalue weighted by Crippen LogP contribution is -2.45. The summed E-state index contributed by atoms with van der Waals surface area (Å²) in [7, 11) is 0. The molecule has 0 aliphatic carbocycles. The first-order valence-corrected chi connectivity index (χ1v) is 12.1. The Hall–Kier alpha value is -2.90. The molecule has 0 bridgehead atoms. The van der Waals surface area contributed by atoms with Gasteiger partial charge in [-0.2, -0.15) is 13.2 Å². The average Bonchev–Trinajstić information content (AvgIpc) is 2.85. The monoisotopic (exact) mass is 518 g/mol. The summed E-state index contributed by atoms with van der Waals surface area (Å²) in [6.45, 7) is 3.42. The van der Waals surface area contributed by atoms with E-state index in [9.17, 15) is 22.4 Å². The van der Waals surface area contributed by atoms with Gasteiger partial charge in [0.05, 0.1) is 11.5 Å². The van der Waals surface area contributed by atoms with Crippen molar-refractivity contribution in [1.82, 2.24) is 10.2 Å². The molecular formula is C28H27ClF4N2O. The number of hydrogen-bond acceptors (Lipinski definition) is 2. The lowest BCUT2D eigenvalue weighted by molar-refractivity contribution is -0.137. The number of alkyl halides is 3. The first-order chi connectivity index (χ1) is 17.1. The quantitative estimate of drug-likeness (QED) is 0.367. The molecule has 2 atom stereocenters. The van der Waals surface area contributed by atoms with E-state index in [4.69, 9.17) is 11.6 Å². The van der Waals surface area contributed by atoms with Crippen molar-refractivity contribution in [3.05, 3.63) is 105 Å². The number of rotatable bonds is 6. The number of amides is 1. The highest BCUT2D eigenvalue weighted by Gasteiger charge is 2.33. The first kappa shape index (κ1) is 26.2. The van der Waals surface area contributed by atoms with Gasteiger partial charge in [-0.05, 0) is 65.8 Å². The molecule has 1 aliphatic heterocycles. The van der Waals surface area contributed by atoms with E-state index in [1.807, 2.05) is 30.3 Å². The fourth-order valence-corrected chi connectivity index (χ4v) is 4.93. The van der Waals surface area contributed by atoms with Gasteiger partial charge in [-0.25, -0.2) is 4.39 Å². The van der Waals surface area contributed by atoms with Crippen molar-refractivity contribution in [2.75, 3.05) is 13.1 Å². The Balaban J connectivity index is 1.51. The van der Waals surface area contributed by atoms with Crippen LogP contribution < -0.4 is 5.32 Å². The highest BCUT2D eigenvalue weighted by Crippen LogP contribution is 2.33. The van der Waals surface area contributed by atoms with E-state index in [-0.39, 0.29) is 30.1 Å². The van der Waals surface area contributed by atoms with Gasteiger partial charge in [0.2, 0.25) is 5.91 Å². The number of piperidine rings is 1. The third kappa shape index (κ3) is 6.45. The van der Waals surface area contributed by atoms with Gasteiger partial charge in [0.1, 0.15) is 5.82 Å². The van der Waals surface area contributed by atoms with Crippen LogP contribution in [0.2, 0.25) is 5.02 Å². The number of benzene rings is 3. The second-order valence-corrected chi connectivity index (χ2v) is 9.75. The van der Waals surface area contributed by atoms with Crippen LogP contribution in [0.4, 0.5) is 17.6 Å². The maximum absolute atomic E-state index is 13.9. The Morgan fingerprint density at radius 1 is 1.06 bits per heavy atom. The summed E-state index contributed by atoms with van der Waals surface area (Å²) in [5.41, 5.74) is 2.07. The van der Waals surface area contributed by atoms with E-state index < -0.39 is 11.7 Å². The van der Waals surface area contributed by atoms with Crippen molar-refractivity contribution in [2.45, 2.75) is 38.5 Å². The number of likely N-dealkylation sites (tertiary alicyclic amines) is 1. The predicted octanol–water partition coefficient (Wildman–Crippen LogP) is 6.73. The van der Waals surface area contributed by atoms with Gasteiger partial charge < -0.3 is 5.32 Å². The highest BCUT2D eigenvalue weighted by molar-refractivity contribution is 6.31. The smallest absolute Gasteiger partial charge is 0.352 e. The summed E-state index contributed by atoms with van der Waals surface area (Å²) in [4.78, 5) is 15.3. The summed E-state index contributed by atoms with van der Waals surface area (Å²) in [5, 5.41) is 3.46. The Kier molecular flexibility index (Phi) is 8.00. The second-order valence-electron chi connectivity index (χ2n) is 9.34. The summed E-state index contributed by atoms with van der Waals surface area (Å²) in [6.07, 6.45) is -3.89. The summed E-state index contributed by atoms with van der Waals surface area (Å²) >= 11 is 6.37. The van der Waals surface area contributed by atoms with Crippen LogP contribution in [0, 0.1) is 18.7 Å². The molecule has 190 valence electrons. The number of halogens is 5. The van der Waals surface area contributed by atoms with Gasteiger partial charge >= 0.3 is 6.18 Å². The molecule has 3 aromatic rings. The molecule has 36 heavy (non-hydrogen) atoms. The summed E-state index contributed by atoms with van der Waals surface area (Å²) < 4.78 is 53.0. The SMILES string of the molecule is Cc1cc([C@H]2C[C@H](C(=O)NCc3cccc(C(F)(F)F)c3)CN(Cc3ccccc3Cl)C2)ccc1F. The average molecular weight is 519 g/mol. The van der Waals surface area contributed by atoms with Crippen LogP contribution >= 0.6 is 11.6 Å². The fraction of sp³-hybridized carbons (Fsp3) is 0.321. The molecule has 1 aliphatic rings. The number of aryl methyl sites for hydroxylation is 1. The molecule has 1 heterocycles. The van der Waals surface area contributed by atoms with E-state index in [1.54, 1.807) is 19.1 Å². The number of carbonyl (C=O) groups is 1. The van der Waals surface area contributed by atoms with E-state index in [1.165, 1.54) is 12.1 Å². The molecule has 1 saturated heterocycles. The number of nitrogens with zero attached hydrogens (tertiary/aromatic N) is 1. The number of nitrogens with one attached hydrogen (secondary N) is 1. The van der Waals surface area contributed by atoms with Crippen molar-refractivity contribution in [2.24, 2.45) is 5.92 Å². The zero-order valence-electron chi connectivity index (χ0n) is 19.8. The highest BCUT2D eigenvalue weighted by atomic mass is 35.5.